The SMILES string of the molecule is O=C(O)C1=CC(=O)C(=O)C=C1C(=O)O. The largest absolute Gasteiger partial charge is 0.478 e. The summed E-state index contributed by atoms with van der Waals surface area (Å²) >= 11 is 0. The van der Waals surface area contributed by atoms with Crippen molar-refractivity contribution in [3.05, 3.63) is 23.3 Å². The molecule has 0 aliphatic heterocycles. The first kappa shape index (κ1) is 9.85. The lowest BCUT2D eigenvalue weighted by Crippen LogP contribution is -2.22. The van der Waals surface area contributed by atoms with Crippen LogP contribution in [0.1, 0.15) is 0 Å². The van der Waals surface area contributed by atoms with Crippen LogP contribution in [-0.2, 0) is 19.2 Å². The molecule has 72 valence electrons. The minimum atomic E-state index is -1.56. The fraction of sp³-hybridized carbons (Fsp3) is 0. The maximum atomic E-state index is 10.8. The lowest BCUT2D eigenvalue weighted by Gasteiger charge is -2.06. The Kier molecular flexibility index (Phi) is 2.29. The average molecular weight is 196 g/mol. The molecule has 1 aliphatic rings. The molecular formula is C8H4O6. The van der Waals surface area contributed by atoms with Crippen molar-refractivity contribution in [1.82, 2.24) is 0 Å². The molecule has 0 saturated carbocycles. The second kappa shape index (κ2) is 3.25. The molecule has 6 heteroatoms. The molecule has 6 nitrogen and oxygen atoms in total. The Balaban J connectivity index is 3.26. The van der Waals surface area contributed by atoms with Crippen LogP contribution < -0.4 is 0 Å². The molecule has 2 N–H and O–H groups in total. The van der Waals surface area contributed by atoms with Gasteiger partial charge in [0.15, 0.2) is 0 Å². The highest BCUT2D eigenvalue weighted by Crippen LogP contribution is 2.15. The Morgan fingerprint density at radius 2 is 1.14 bits per heavy atom. The fourth-order valence-corrected chi connectivity index (χ4v) is 0.914. The van der Waals surface area contributed by atoms with Crippen LogP contribution in [0.4, 0.5) is 0 Å². The standard InChI is InChI=1S/C8H4O6/c9-5-1-3(7(11)12)4(8(13)14)2-6(5)10/h1-2H,(H,11,12)(H,13,14). The van der Waals surface area contributed by atoms with E-state index < -0.39 is 34.7 Å². The van der Waals surface area contributed by atoms with E-state index in [0.717, 1.165) is 0 Å². The third-order valence-corrected chi connectivity index (χ3v) is 1.54. The molecule has 14 heavy (non-hydrogen) atoms. The summed E-state index contributed by atoms with van der Waals surface area (Å²) in [5, 5.41) is 17.1. The van der Waals surface area contributed by atoms with Gasteiger partial charge in [0.2, 0.25) is 11.6 Å². The zero-order chi connectivity index (χ0) is 10.9. The predicted molar refractivity (Wildman–Crippen MR) is 41.5 cm³/mol. The van der Waals surface area contributed by atoms with Gasteiger partial charge in [-0.15, -0.1) is 0 Å². The lowest BCUT2D eigenvalue weighted by molar-refractivity contribution is -0.137. The van der Waals surface area contributed by atoms with Gasteiger partial charge >= 0.3 is 11.9 Å². The molecule has 0 aromatic rings. The van der Waals surface area contributed by atoms with E-state index in [1.807, 2.05) is 0 Å². The fourth-order valence-electron chi connectivity index (χ4n) is 0.914. The Morgan fingerprint density at radius 3 is 1.36 bits per heavy atom. The number of carboxylic acid groups (broad SMARTS) is 2. The van der Waals surface area contributed by atoms with Crippen molar-refractivity contribution in [2.45, 2.75) is 0 Å². The second-order valence-corrected chi connectivity index (χ2v) is 2.45. The van der Waals surface area contributed by atoms with Crippen molar-refractivity contribution in [1.29, 1.82) is 0 Å². The summed E-state index contributed by atoms with van der Waals surface area (Å²) in [5.74, 6) is -5.18. The molecule has 0 fully saturated rings. The topological polar surface area (TPSA) is 109 Å². The normalized spacial score (nSPS) is 16.0. The monoisotopic (exact) mass is 196 g/mol. The molecule has 0 spiro atoms. The highest BCUT2D eigenvalue weighted by atomic mass is 16.4. The van der Waals surface area contributed by atoms with Crippen molar-refractivity contribution in [3.8, 4) is 0 Å². The van der Waals surface area contributed by atoms with Crippen molar-refractivity contribution in [3.63, 3.8) is 0 Å². The molecule has 0 atom stereocenters. The summed E-state index contributed by atoms with van der Waals surface area (Å²) < 4.78 is 0. The van der Waals surface area contributed by atoms with E-state index in [2.05, 4.69) is 0 Å². The van der Waals surface area contributed by atoms with E-state index in [1.54, 1.807) is 0 Å². The molecule has 0 saturated heterocycles. The number of carboxylic acids is 2. The van der Waals surface area contributed by atoms with Gasteiger partial charge < -0.3 is 10.2 Å². The van der Waals surface area contributed by atoms with Crippen LogP contribution in [0, 0.1) is 0 Å². The van der Waals surface area contributed by atoms with Crippen LogP contribution in [0.5, 0.6) is 0 Å². The highest BCUT2D eigenvalue weighted by molar-refractivity contribution is 6.48. The minimum absolute atomic E-state index is 0.508. The maximum Gasteiger partial charge on any atom is 0.336 e. The first-order chi connectivity index (χ1) is 6.43. The van der Waals surface area contributed by atoms with Crippen LogP contribution >= 0.6 is 0 Å². The quantitative estimate of drug-likeness (QED) is 0.440. The summed E-state index contributed by atoms with van der Waals surface area (Å²) in [4.78, 5) is 42.5. The van der Waals surface area contributed by atoms with E-state index in [4.69, 9.17) is 10.2 Å². The second-order valence-electron chi connectivity index (χ2n) is 2.45. The van der Waals surface area contributed by atoms with Gasteiger partial charge in [-0.3, -0.25) is 9.59 Å². The molecule has 1 aliphatic carbocycles. The van der Waals surface area contributed by atoms with Crippen LogP contribution in [0.2, 0.25) is 0 Å². The number of carbonyl (C=O) groups excluding carboxylic acids is 2. The molecule has 0 amide bonds. The summed E-state index contributed by atoms with van der Waals surface area (Å²) in [6.45, 7) is 0. The number of aliphatic carboxylic acids is 2. The van der Waals surface area contributed by atoms with Crippen molar-refractivity contribution < 1.29 is 29.4 Å². The van der Waals surface area contributed by atoms with Gasteiger partial charge in [0.1, 0.15) is 0 Å². The molecule has 0 bridgehead atoms. The third-order valence-electron chi connectivity index (χ3n) is 1.54. The minimum Gasteiger partial charge on any atom is -0.478 e. The number of hydrogen-bond donors (Lipinski definition) is 2. The van der Waals surface area contributed by atoms with Crippen LogP contribution in [0.15, 0.2) is 23.3 Å². The Labute approximate surface area is 77.1 Å². The van der Waals surface area contributed by atoms with E-state index >= 15 is 0 Å². The first-order valence-electron chi connectivity index (χ1n) is 3.42. The molecule has 0 aromatic carbocycles. The van der Waals surface area contributed by atoms with Gasteiger partial charge in [-0.05, 0) is 0 Å². The van der Waals surface area contributed by atoms with Gasteiger partial charge in [0.05, 0.1) is 11.1 Å². The molecule has 1 rings (SSSR count). The number of hydrogen-bond acceptors (Lipinski definition) is 4. The molecule has 0 heterocycles. The Bertz CT molecular complexity index is 372. The molecular weight excluding hydrogens is 192 g/mol. The summed E-state index contributed by atoms with van der Waals surface area (Å²) in [6, 6.07) is 0. The van der Waals surface area contributed by atoms with Crippen LogP contribution in [0.3, 0.4) is 0 Å². The maximum absolute atomic E-state index is 10.8. The Morgan fingerprint density at radius 1 is 0.857 bits per heavy atom. The Hall–Kier alpha value is -2.24. The van der Waals surface area contributed by atoms with E-state index in [-0.39, 0.29) is 0 Å². The summed E-state index contributed by atoms with van der Waals surface area (Å²) in [6.07, 6.45) is 1.02. The van der Waals surface area contributed by atoms with Crippen molar-refractivity contribution >= 4 is 23.5 Å². The summed E-state index contributed by atoms with van der Waals surface area (Å²) in [7, 11) is 0. The molecule has 0 radical (unpaired) electrons. The van der Waals surface area contributed by atoms with Gasteiger partial charge in [0, 0.05) is 12.2 Å². The highest BCUT2D eigenvalue weighted by Gasteiger charge is 2.28. The summed E-state index contributed by atoms with van der Waals surface area (Å²) in [5.41, 5.74) is -1.36. The van der Waals surface area contributed by atoms with Crippen LogP contribution in [-0.4, -0.2) is 33.7 Å². The van der Waals surface area contributed by atoms with E-state index in [9.17, 15) is 19.2 Å². The number of ketones is 2. The lowest BCUT2D eigenvalue weighted by atomic mass is 9.96. The molecule has 0 unspecified atom stereocenters. The van der Waals surface area contributed by atoms with Gasteiger partial charge in [-0.1, -0.05) is 0 Å². The van der Waals surface area contributed by atoms with Gasteiger partial charge in [-0.2, -0.15) is 0 Å². The first-order valence-corrected chi connectivity index (χ1v) is 3.42. The van der Waals surface area contributed by atoms with Crippen molar-refractivity contribution in [2.75, 3.05) is 0 Å². The average Bonchev–Trinajstić information content (AvgIpc) is 2.08. The van der Waals surface area contributed by atoms with E-state index in [1.165, 1.54) is 0 Å². The van der Waals surface area contributed by atoms with Gasteiger partial charge in [-0.25, -0.2) is 9.59 Å². The smallest absolute Gasteiger partial charge is 0.336 e. The zero-order valence-corrected chi connectivity index (χ0v) is 6.68. The third kappa shape index (κ3) is 1.58. The molecule has 0 aromatic heterocycles. The number of carbonyl (C=O) groups is 4. The number of rotatable bonds is 2. The number of allylic oxidation sites excluding steroid dienone is 2. The van der Waals surface area contributed by atoms with Gasteiger partial charge in [0.25, 0.3) is 0 Å². The van der Waals surface area contributed by atoms with Crippen LogP contribution in [0.25, 0.3) is 0 Å². The van der Waals surface area contributed by atoms with Crippen molar-refractivity contribution in [2.24, 2.45) is 0 Å². The zero-order valence-electron chi connectivity index (χ0n) is 6.68. The van der Waals surface area contributed by atoms with E-state index in [0.29, 0.717) is 12.2 Å². The predicted octanol–water partition coefficient (Wildman–Crippen LogP) is -0.840.